The van der Waals surface area contributed by atoms with E-state index in [1.165, 1.54) is 12.1 Å². The molecule has 3 aromatic rings. The summed E-state index contributed by atoms with van der Waals surface area (Å²) in [5, 5.41) is 0.000385. The standard InChI is InChI=1S/C17H12F3NOS/c18-17(19,20)14-9-16(22)21-15-6-3-11(8-13(14)15)7-10-1-4-12(23)5-2-10/h1-6,8-9,23H,7H2,(H,21,22). The van der Waals surface area contributed by atoms with E-state index in [1.54, 1.807) is 6.07 Å². The van der Waals surface area contributed by atoms with E-state index in [9.17, 15) is 18.0 Å². The Hall–Kier alpha value is -2.21. The van der Waals surface area contributed by atoms with Crippen LogP contribution in [0.4, 0.5) is 13.2 Å². The molecule has 0 atom stereocenters. The molecule has 0 amide bonds. The van der Waals surface area contributed by atoms with Gasteiger partial charge in [-0.1, -0.05) is 18.2 Å². The summed E-state index contributed by atoms with van der Waals surface area (Å²) in [6.07, 6.45) is -4.07. The predicted molar refractivity (Wildman–Crippen MR) is 86.1 cm³/mol. The topological polar surface area (TPSA) is 32.9 Å². The number of halogens is 3. The molecule has 0 saturated heterocycles. The lowest BCUT2D eigenvalue weighted by molar-refractivity contribution is -0.136. The molecule has 1 N–H and O–H groups in total. The molecule has 0 aliphatic heterocycles. The minimum Gasteiger partial charge on any atom is -0.322 e. The summed E-state index contributed by atoms with van der Waals surface area (Å²) in [5.41, 5.74) is 0.215. The fraction of sp³-hybridized carbons (Fsp3) is 0.118. The van der Waals surface area contributed by atoms with Crippen molar-refractivity contribution < 1.29 is 13.2 Å². The molecule has 3 rings (SSSR count). The van der Waals surface area contributed by atoms with E-state index in [-0.39, 0.29) is 10.9 Å². The number of aromatic amines is 1. The number of fused-ring (bicyclic) bond motifs is 1. The maximum Gasteiger partial charge on any atom is 0.417 e. The summed E-state index contributed by atoms with van der Waals surface area (Å²) in [6.45, 7) is 0. The second-order valence-corrected chi connectivity index (χ2v) is 5.78. The predicted octanol–water partition coefficient (Wildman–Crippen LogP) is 4.43. The van der Waals surface area contributed by atoms with Gasteiger partial charge in [-0.2, -0.15) is 13.2 Å². The lowest BCUT2D eigenvalue weighted by Crippen LogP contribution is -2.14. The van der Waals surface area contributed by atoms with Crippen LogP contribution >= 0.6 is 12.6 Å². The number of benzene rings is 2. The SMILES string of the molecule is O=c1cc(C(F)(F)F)c2cc(Cc3ccc(S)cc3)ccc2[nH]1. The molecular formula is C17H12F3NOS. The van der Waals surface area contributed by atoms with Gasteiger partial charge < -0.3 is 4.98 Å². The van der Waals surface area contributed by atoms with E-state index in [2.05, 4.69) is 17.6 Å². The van der Waals surface area contributed by atoms with Crippen molar-refractivity contribution >= 4 is 23.5 Å². The van der Waals surface area contributed by atoms with Crippen molar-refractivity contribution in [1.29, 1.82) is 0 Å². The third-order valence-electron chi connectivity index (χ3n) is 3.56. The number of aromatic nitrogens is 1. The van der Waals surface area contributed by atoms with Crippen LogP contribution in [0.3, 0.4) is 0 Å². The minimum absolute atomic E-state index is 0.000385. The summed E-state index contributed by atoms with van der Waals surface area (Å²) in [7, 11) is 0. The number of H-pyrrole nitrogens is 1. The van der Waals surface area contributed by atoms with Gasteiger partial charge in [0.25, 0.3) is 0 Å². The van der Waals surface area contributed by atoms with Crippen LogP contribution in [0.5, 0.6) is 0 Å². The average Bonchev–Trinajstić information content (AvgIpc) is 2.48. The second kappa shape index (κ2) is 5.77. The van der Waals surface area contributed by atoms with Crippen LogP contribution in [0.2, 0.25) is 0 Å². The Morgan fingerprint density at radius 2 is 1.61 bits per heavy atom. The first-order valence-corrected chi connectivity index (χ1v) is 7.29. The lowest BCUT2D eigenvalue weighted by atomic mass is 10.0. The Labute approximate surface area is 135 Å². The molecule has 1 heterocycles. The Morgan fingerprint density at radius 1 is 0.957 bits per heavy atom. The number of pyridine rings is 1. The molecule has 23 heavy (non-hydrogen) atoms. The first-order chi connectivity index (χ1) is 10.8. The average molecular weight is 335 g/mol. The van der Waals surface area contributed by atoms with Gasteiger partial charge in [-0.05, 0) is 41.8 Å². The maximum absolute atomic E-state index is 13.1. The molecule has 1 aromatic heterocycles. The Kier molecular flexibility index (Phi) is 3.93. The third kappa shape index (κ3) is 3.42. The second-order valence-electron chi connectivity index (χ2n) is 5.27. The first-order valence-electron chi connectivity index (χ1n) is 6.84. The molecular weight excluding hydrogens is 323 g/mol. The monoisotopic (exact) mass is 335 g/mol. The van der Waals surface area contributed by atoms with Gasteiger partial charge in [-0.15, -0.1) is 12.6 Å². The molecule has 0 aliphatic carbocycles. The van der Waals surface area contributed by atoms with Crippen molar-refractivity contribution in [3.63, 3.8) is 0 Å². The molecule has 0 spiro atoms. The van der Waals surface area contributed by atoms with Crippen LogP contribution in [0.25, 0.3) is 10.9 Å². The van der Waals surface area contributed by atoms with Crippen LogP contribution in [0.1, 0.15) is 16.7 Å². The van der Waals surface area contributed by atoms with Gasteiger partial charge in [0.2, 0.25) is 5.56 Å². The van der Waals surface area contributed by atoms with E-state index >= 15 is 0 Å². The van der Waals surface area contributed by atoms with E-state index in [1.807, 2.05) is 24.3 Å². The molecule has 2 nitrogen and oxygen atoms in total. The van der Waals surface area contributed by atoms with Gasteiger partial charge in [0.15, 0.2) is 0 Å². The highest BCUT2D eigenvalue weighted by Gasteiger charge is 2.33. The van der Waals surface area contributed by atoms with Gasteiger partial charge in [-0.3, -0.25) is 4.79 Å². The van der Waals surface area contributed by atoms with Crippen LogP contribution < -0.4 is 5.56 Å². The van der Waals surface area contributed by atoms with Crippen molar-refractivity contribution in [2.24, 2.45) is 0 Å². The molecule has 2 aromatic carbocycles. The Bertz CT molecular complexity index is 914. The smallest absolute Gasteiger partial charge is 0.322 e. The highest BCUT2D eigenvalue weighted by molar-refractivity contribution is 7.80. The van der Waals surface area contributed by atoms with E-state index in [4.69, 9.17) is 0 Å². The number of hydrogen-bond donors (Lipinski definition) is 2. The van der Waals surface area contributed by atoms with E-state index in [0.717, 1.165) is 16.0 Å². The fourth-order valence-electron chi connectivity index (χ4n) is 2.49. The van der Waals surface area contributed by atoms with Crippen LogP contribution in [-0.4, -0.2) is 4.98 Å². The quantitative estimate of drug-likeness (QED) is 0.668. The molecule has 6 heteroatoms. The normalized spacial score (nSPS) is 11.8. The van der Waals surface area contributed by atoms with Crippen LogP contribution in [0, 0.1) is 0 Å². The van der Waals surface area contributed by atoms with Crippen molar-refractivity contribution in [3.05, 3.63) is 75.6 Å². The van der Waals surface area contributed by atoms with Crippen molar-refractivity contribution in [3.8, 4) is 0 Å². The van der Waals surface area contributed by atoms with Crippen molar-refractivity contribution in [1.82, 2.24) is 4.98 Å². The number of nitrogens with one attached hydrogen (secondary N) is 1. The highest BCUT2D eigenvalue weighted by Crippen LogP contribution is 2.33. The summed E-state index contributed by atoms with van der Waals surface area (Å²) in [4.78, 5) is 14.7. The number of rotatable bonds is 2. The molecule has 0 unspecified atom stereocenters. The summed E-state index contributed by atoms with van der Waals surface area (Å²) in [5.74, 6) is 0. The van der Waals surface area contributed by atoms with Gasteiger partial charge >= 0.3 is 6.18 Å². The fourth-order valence-corrected chi connectivity index (χ4v) is 2.64. The van der Waals surface area contributed by atoms with Gasteiger partial charge in [0.05, 0.1) is 5.56 Å². The maximum atomic E-state index is 13.1. The zero-order chi connectivity index (χ0) is 16.6. The number of thiol groups is 1. The van der Waals surface area contributed by atoms with E-state index in [0.29, 0.717) is 12.5 Å². The number of alkyl halides is 3. The molecule has 0 aliphatic rings. The Balaban J connectivity index is 2.09. The van der Waals surface area contributed by atoms with Gasteiger partial charge in [-0.25, -0.2) is 0 Å². The van der Waals surface area contributed by atoms with E-state index < -0.39 is 17.3 Å². The van der Waals surface area contributed by atoms with Crippen LogP contribution in [0.15, 0.2) is 58.2 Å². The molecule has 0 bridgehead atoms. The summed E-state index contributed by atoms with van der Waals surface area (Å²) >= 11 is 4.20. The molecule has 0 fully saturated rings. The molecule has 118 valence electrons. The van der Waals surface area contributed by atoms with Crippen LogP contribution in [-0.2, 0) is 12.6 Å². The molecule has 0 radical (unpaired) electrons. The highest BCUT2D eigenvalue weighted by atomic mass is 32.1. The Morgan fingerprint density at radius 3 is 2.26 bits per heavy atom. The van der Waals surface area contributed by atoms with Crippen molar-refractivity contribution in [2.75, 3.05) is 0 Å². The van der Waals surface area contributed by atoms with Crippen molar-refractivity contribution in [2.45, 2.75) is 17.5 Å². The van der Waals surface area contributed by atoms with Gasteiger partial charge in [0, 0.05) is 21.9 Å². The third-order valence-corrected chi connectivity index (χ3v) is 3.86. The summed E-state index contributed by atoms with van der Waals surface area (Å²) < 4.78 is 39.4. The minimum atomic E-state index is -4.57. The largest absolute Gasteiger partial charge is 0.417 e. The zero-order valence-electron chi connectivity index (χ0n) is 11.8. The van der Waals surface area contributed by atoms with Gasteiger partial charge in [0.1, 0.15) is 0 Å². The molecule has 0 saturated carbocycles. The summed E-state index contributed by atoms with van der Waals surface area (Å²) in [6, 6.07) is 12.7. The zero-order valence-corrected chi connectivity index (χ0v) is 12.7. The number of hydrogen-bond acceptors (Lipinski definition) is 2. The first kappa shape index (κ1) is 15.7. The lowest BCUT2D eigenvalue weighted by Gasteiger charge is -2.11.